The van der Waals surface area contributed by atoms with Crippen LogP contribution < -0.4 is 10.6 Å². The van der Waals surface area contributed by atoms with E-state index in [1.54, 1.807) is 54.2 Å². The number of thioether (sulfide) groups is 1. The fourth-order valence-electron chi connectivity index (χ4n) is 2.64. The summed E-state index contributed by atoms with van der Waals surface area (Å²) in [5.41, 5.74) is 1.60. The number of anilines is 1. The van der Waals surface area contributed by atoms with Gasteiger partial charge in [0.2, 0.25) is 11.7 Å². The number of hydrogen-bond acceptors (Lipinski definition) is 6. The molecule has 0 radical (unpaired) electrons. The molecule has 150 valence electrons. The second-order valence-electron chi connectivity index (χ2n) is 6.09. The van der Waals surface area contributed by atoms with Gasteiger partial charge in [-0.2, -0.15) is 17.0 Å². The van der Waals surface area contributed by atoms with Crippen molar-refractivity contribution in [2.45, 2.75) is 12.5 Å². The number of aromatic amines is 1. The van der Waals surface area contributed by atoms with Gasteiger partial charge >= 0.3 is 0 Å². The minimum absolute atomic E-state index is 0.315. The van der Waals surface area contributed by atoms with Gasteiger partial charge in [0.15, 0.2) is 0 Å². The van der Waals surface area contributed by atoms with Crippen molar-refractivity contribution in [3.8, 4) is 11.4 Å². The molecule has 1 aromatic heterocycles. The Labute approximate surface area is 176 Å². The highest BCUT2D eigenvalue weighted by Crippen LogP contribution is 2.19. The molecule has 2 amide bonds. The Kier molecular flexibility index (Phi) is 7.20. The lowest BCUT2D eigenvalue weighted by Crippen LogP contribution is -2.44. The number of benzene rings is 2. The summed E-state index contributed by atoms with van der Waals surface area (Å²) in [5.74, 6) is 0.429. The van der Waals surface area contributed by atoms with E-state index >= 15 is 0 Å². The van der Waals surface area contributed by atoms with Gasteiger partial charge in [0.25, 0.3) is 5.91 Å². The van der Waals surface area contributed by atoms with Crippen molar-refractivity contribution in [1.29, 1.82) is 0 Å². The Balaban J connectivity index is 1.73. The number of carbonyl (C=O) groups excluding carboxylic acids is 2. The SMILES string of the molecule is CSCC[C@H](NC(=O)c1ccccc1Cl)C(=O)Nc1cccc(-c2nn[nH]n2)c1. The third-order valence-electron chi connectivity index (χ3n) is 4.08. The number of aromatic nitrogens is 4. The maximum absolute atomic E-state index is 12.9. The molecule has 0 bridgehead atoms. The smallest absolute Gasteiger partial charge is 0.253 e. The van der Waals surface area contributed by atoms with Crippen LogP contribution in [-0.2, 0) is 4.79 Å². The minimum Gasteiger partial charge on any atom is -0.340 e. The minimum atomic E-state index is -0.708. The van der Waals surface area contributed by atoms with Gasteiger partial charge in [-0.05, 0) is 47.9 Å². The van der Waals surface area contributed by atoms with Crippen LogP contribution in [0.15, 0.2) is 48.5 Å². The molecule has 3 aromatic rings. The molecule has 1 atom stereocenters. The molecule has 10 heteroatoms. The van der Waals surface area contributed by atoms with Crippen molar-refractivity contribution in [3.63, 3.8) is 0 Å². The summed E-state index contributed by atoms with van der Waals surface area (Å²) >= 11 is 7.69. The molecule has 0 fully saturated rings. The van der Waals surface area contributed by atoms with Gasteiger partial charge in [0, 0.05) is 11.3 Å². The van der Waals surface area contributed by atoms with E-state index in [-0.39, 0.29) is 5.91 Å². The van der Waals surface area contributed by atoms with Gasteiger partial charge in [-0.25, -0.2) is 0 Å². The van der Waals surface area contributed by atoms with Gasteiger partial charge in [-0.1, -0.05) is 35.9 Å². The molecule has 0 aliphatic heterocycles. The van der Waals surface area contributed by atoms with Crippen LogP contribution in [0.4, 0.5) is 5.69 Å². The summed E-state index contributed by atoms with van der Waals surface area (Å²) < 4.78 is 0. The van der Waals surface area contributed by atoms with Crippen LogP contribution in [0.5, 0.6) is 0 Å². The highest BCUT2D eigenvalue weighted by atomic mass is 35.5. The Bertz CT molecular complexity index is 982. The quantitative estimate of drug-likeness (QED) is 0.506. The molecular formula is C19H19ClN6O2S. The fraction of sp³-hybridized carbons (Fsp3) is 0.211. The van der Waals surface area contributed by atoms with Gasteiger partial charge in [0.1, 0.15) is 6.04 Å². The molecule has 3 rings (SSSR count). The van der Waals surface area contributed by atoms with Crippen molar-refractivity contribution in [2.24, 2.45) is 0 Å². The van der Waals surface area contributed by atoms with Crippen LogP contribution in [0.1, 0.15) is 16.8 Å². The first-order valence-corrected chi connectivity index (χ1v) is 10.5. The Morgan fingerprint density at radius 3 is 2.76 bits per heavy atom. The van der Waals surface area contributed by atoms with E-state index in [0.29, 0.717) is 39.8 Å². The number of hydrogen-bond donors (Lipinski definition) is 3. The van der Waals surface area contributed by atoms with Crippen molar-refractivity contribution in [1.82, 2.24) is 25.9 Å². The lowest BCUT2D eigenvalue weighted by atomic mass is 10.1. The second-order valence-corrected chi connectivity index (χ2v) is 7.49. The first-order valence-electron chi connectivity index (χ1n) is 8.77. The molecule has 0 saturated heterocycles. The monoisotopic (exact) mass is 430 g/mol. The molecule has 29 heavy (non-hydrogen) atoms. The van der Waals surface area contributed by atoms with Crippen LogP contribution in [0.25, 0.3) is 11.4 Å². The number of H-pyrrole nitrogens is 1. The van der Waals surface area contributed by atoms with Crippen LogP contribution >= 0.6 is 23.4 Å². The van der Waals surface area contributed by atoms with Crippen LogP contribution in [-0.4, -0.2) is 50.5 Å². The highest BCUT2D eigenvalue weighted by molar-refractivity contribution is 7.98. The second kappa shape index (κ2) is 10.0. The first-order chi connectivity index (χ1) is 14.1. The Morgan fingerprint density at radius 2 is 2.03 bits per heavy atom. The number of nitrogens with zero attached hydrogens (tertiary/aromatic N) is 3. The topological polar surface area (TPSA) is 113 Å². The van der Waals surface area contributed by atoms with E-state index in [2.05, 4.69) is 31.3 Å². The first kappa shape index (κ1) is 20.8. The number of halogens is 1. The molecule has 8 nitrogen and oxygen atoms in total. The van der Waals surface area contributed by atoms with Crippen molar-refractivity contribution in [3.05, 3.63) is 59.1 Å². The molecule has 0 unspecified atom stereocenters. The standard InChI is InChI=1S/C19H19ClN6O2S/c1-29-10-9-16(22-18(27)14-7-2-3-8-15(14)20)19(28)21-13-6-4-5-12(11-13)17-23-25-26-24-17/h2-8,11,16H,9-10H2,1H3,(H,21,28)(H,22,27)(H,23,24,25,26)/t16-/m0/s1. The predicted molar refractivity (Wildman–Crippen MR) is 114 cm³/mol. The largest absolute Gasteiger partial charge is 0.340 e. The number of tetrazole rings is 1. The van der Waals surface area contributed by atoms with Crippen LogP contribution in [0.3, 0.4) is 0 Å². The average molecular weight is 431 g/mol. The molecule has 1 heterocycles. The molecule has 2 aromatic carbocycles. The number of carbonyl (C=O) groups is 2. The maximum Gasteiger partial charge on any atom is 0.253 e. The fourth-order valence-corrected chi connectivity index (χ4v) is 3.33. The Hall–Kier alpha value is -2.91. The molecule has 0 spiro atoms. The van der Waals surface area contributed by atoms with Crippen LogP contribution in [0, 0.1) is 0 Å². The lowest BCUT2D eigenvalue weighted by Gasteiger charge is -2.19. The Morgan fingerprint density at radius 1 is 1.21 bits per heavy atom. The van der Waals surface area contributed by atoms with E-state index in [0.717, 1.165) is 0 Å². The van der Waals surface area contributed by atoms with Gasteiger partial charge < -0.3 is 10.6 Å². The normalized spacial score (nSPS) is 11.7. The summed E-state index contributed by atoms with van der Waals surface area (Å²) in [6, 6.07) is 13.1. The number of nitrogens with one attached hydrogen (secondary N) is 3. The molecular weight excluding hydrogens is 412 g/mol. The molecule has 0 aliphatic rings. The van der Waals surface area contributed by atoms with Gasteiger partial charge in [-0.15, -0.1) is 10.2 Å². The van der Waals surface area contributed by atoms with Crippen molar-refractivity contribution >= 4 is 40.9 Å². The van der Waals surface area contributed by atoms with Gasteiger partial charge in [0.05, 0.1) is 10.6 Å². The van der Waals surface area contributed by atoms with Crippen molar-refractivity contribution in [2.75, 3.05) is 17.3 Å². The molecule has 3 N–H and O–H groups in total. The van der Waals surface area contributed by atoms with Gasteiger partial charge in [-0.3, -0.25) is 9.59 Å². The maximum atomic E-state index is 12.9. The summed E-state index contributed by atoms with van der Waals surface area (Å²) in [6.07, 6.45) is 2.42. The van der Waals surface area contributed by atoms with E-state index in [9.17, 15) is 9.59 Å². The zero-order valence-corrected chi connectivity index (χ0v) is 17.1. The van der Waals surface area contributed by atoms with E-state index in [1.165, 1.54) is 0 Å². The lowest BCUT2D eigenvalue weighted by molar-refractivity contribution is -0.118. The third kappa shape index (κ3) is 5.55. The summed E-state index contributed by atoms with van der Waals surface area (Å²) in [6.45, 7) is 0. The molecule has 0 saturated carbocycles. The predicted octanol–water partition coefficient (Wildman–Crippen LogP) is 3.01. The average Bonchev–Trinajstić information content (AvgIpc) is 3.26. The van der Waals surface area contributed by atoms with E-state index in [4.69, 9.17) is 11.6 Å². The summed E-state index contributed by atoms with van der Waals surface area (Å²) in [5, 5.41) is 19.8. The van der Waals surface area contributed by atoms with E-state index < -0.39 is 11.9 Å². The zero-order valence-electron chi connectivity index (χ0n) is 15.6. The van der Waals surface area contributed by atoms with E-state index in [1.807, 2.05) is 12.3 Å². The summed E-state index contributed by atoms with van der Waals surface area (Å²) in [4.78, 5) is 25.4. The number of rotatable bonds is 8. The summed E-state index contributed by atoms with van der Waals surface area (Å²) in [7, 11) is 0. The third-order valence-corrected chi connectivity index (χ3v) is 5.06. The van der Waals surface area contributed by atoms with Crippen molar-refractivity contribution < 1.29 is 9.59 Å². The highest BCUT2D eigenvalue weighted by Gasteiger charge is 2.22. The molecule has 0 aliphatic carbocycles. The zero-order chi connectivity index (χ0) is 20.6. The van der Waals surface area contributed by atoms with Crippen LogP contribution in [0.2, 0.25) is 5.02 Å². The number of amides is 2.